The maximum absolute atomic E-state index is 13.1. The molecule has 2 nitrogen and oxygen atoms in total. The van der Waals surface area contributed by atoms with Gasteiger partial charge in [0.25, 0.3) is 0 Å². The SMILES string of the molecule is Fc1ccc(NC(c2ccc(F)cc2)c2ccccn2)cc1. The minimum Gasteiger partial charge on any atom is -0.373 e. The molecule has 1 N–H and O–H groups in total. The Kier molecular flexibility index (Phi) is 4.10. The second-order valence-electron chi connectivity index (χ2n) is 4.89. The highest BCUT2D eigenvalue weighted by Gasteiger charge is 2.15. The van der Waals surface area contributed by atoms with Gasteiger partial charge >= 0.3 is 0 Å². The highest BCUT2D eigenvalue weighted by Crippen LogP contribution is 2.25. The molecule has 0 aliphatic rings. The minimum atomic E-state index is -0.290. The standard InChI is InChI=1S/C18H14F2N2/c19-14-6-4-13(5-7-14)18(17-3-1-2-12-21-17)22-16-10-8-15(20)9-11-16/h1-12,18,22H. The number of nitrogens with one attached hydrogen (secondary N) is 1. The minimum absolute atomic E-state index is 0.243. The lowest BCUT2D eigenvalue weighted by Gasteiger charge is -2.20. The van der Waals surface area contributed by atoms with Gasteiger partial charge in [-0.05, 0) is 54.1 Å². The third-order valence-corrected chi connectivity index (χ3v) is 3.34. The predicted octanol–water partition coefficient (Wildman–Crippen LogP) is 4.56. The van der Waals surface area contributed by atoms with E-state index in [1.165, 1.54) is 24.3 Å². The first kappa shape index (κ1) is 14.2. The van der Waals surface area contributed by atoms with Crippen LogP contribution >= 0.6 is 0 Å². The fourth-order valence-corrected chi connectivity index (χ4v) is 2.24. The van der Waals surface area contributed by atoms with Gasteiger partial charge in [0.05, 0.1) is 11.7 Å². The fraction of sp³-hybridized carbons (Fsp3) is 0.0556. The topological polar surface area (TPSA) is 24.9 Å². The lowest BCUT2D eigenvalue weighted by Crippen LogP contribution is -2.13. The number of hydrogen-bond donors (Lipinski definition) is 1. The van der Waals surface area contributed by atoms with Crippen LogP contribution in [-0.4, -0.2) is 4.98 Å². The Balaban J connectivity index is 1.96. The van der Waals surface area contributed by atoms with Gasteiger partial charge in [0.1, 0.15) is 11.6 Å². The van der Waals surface area contributed by atoms with Gasteiger partial charge in [0.15, 0.2) is 0 Å². The van der Waals surface area contributed by atoms with Crippen LogP contribution in [0.2, 0.25) is 0 Å². The van der Waals surface area contributed by atoms with Crippen LogP contribution in [0.4, 0.5) is 14.5 Å². The number of rotatable bonds is 4. The summed E-state index contributed by atoms with van der Waals surface area (Å²) in [6.07, 6.45) is 1.71. The van der Waals surface area contributed by atoms with Gasteiger partial charge in [0, 0.05) is 11.9 Å². The van der Waals surface area contributed by atoms with Crippen molar-refractivity contribution in [2.24, 2.45) is 0 Å². The highest BCUT2D eigenvalue weighted by molar-refractivity contribution is 5.48. The molecule has 0 spiro atoms. The van der Waals surface area contributed by atoms with Gasteiger partial charge in [-0.1, -0.05) is 18.2 Å². The number of nitrogens with zero attached hydrogens (tertiary/aromatic N) is 1. The molecule has 0 amide bonds. The summed E-state index contributed by atoms with van der Waals surface area (Å²) in [5.41, 5.74) is 2.45. The van der Waals surface area contributed by atoms with Gasteiger partial charge < -0.3 is 5.32 Å². The van der Waals surface area contributed by atoms with Gasteiger partial charge in [-0.25, -0.2) is 8.78 Å². The summed E-state index contributed by atoms with van der Waals surface area (Å²) in [7, 11) is 0. The molecule has 0 bridgehead atoms. The van der Waals surface area contributed by atoms with E-state index in [-0.39, 0.29) is 17.7 Å². The van der Waals surface area contributed by atoms with Crippen molar-refractivity contribution < 1.29 is 8.78 Å². The second kappa shape index (κ2) is 6.35. The maximum atomic E-state index is 13.1. The van der Waals surface area contributed by atoms with Gasteiger partial charge in [0.2, 0.25) is 0 Å². The number of anilines is 1. The van der Waals surface area contributed by atoms with Crippen molar-refractivity contribution in [2.75, 3.05) is 5.32 Å². The summed E-state index contributed by atoms with van der Waals surface area (Å²) < 4.78 is 26.2. The Labute approximate surface area is 127 Å². The van der Waals surface area contributed by atoms with Crippen LogP contribution in [0.25, 0.3) is 0 Å². The van der Waals surface area contributed by atoms with Crippen LogP contribution in [0.15, 0.2) is 72.9 Å². The van der Waals surface area contributed by atoms with Crippen molar-refractivity contribution in [3.05, 3.63) is 95.8 Å². The molecule has 0 fully saturated rings. The van der Waals surface area contributed by atoms with Crippen LogP contribution < -0.4 is 5.32 Å². The molecule has 0 saturated carbocycles. The zero-order valence-electron chi connectivity index (χ0n) is 11.7. The first-order valence-electron chi connectivity index (χ1n) is 6.91. The van der Waals surface area contributed by atoms with E-state index in [4.69, 9.17) is 0 Å². The maximum Gasteiger partial charge on any atom is 0.123 e. The van der Waals surface area contributed by atoms with E-state index in [1.54, 1.807) is 30.5 Å². The first-order chi connectivity index (χ1) is 10.7. The molecule has 2 aromatic carbocycles. The Morgan fingerprint density at radius 3 is 2.00 bits per heavy atom. The zero-order chi connectivity index (χ0) is 15.4. The third-order valence-electron chi connectivity index (χ3n) is 3.34. The van der Waals surface area contributed by atoms with Crippen LogP contribution in [0.5, 0.6) is 0 Å². The van der Waals surface area contributed by atoms with Crippen molar-refractivity contribution in [2.45, 2.75) is 6.04 Å². The van der Waals surface area contributed by atoms with E-state index in [1.807, 2.05) is 18.2 Å². The Bertz CT molecular complexity index is 725. The van der Waals surface area contributed by atoms with E-state index in [0.717, 1.165) is 16.9 Å². The molecule has 0 aliphatic carbocycles. The Hall–Kier alpha value is -2.75. The van der Waals surface area contributed by atoms with Crippen LogP contribution in [0.1, 0.15) is 17.3 Å². The molecule has 3 rings (SSSR count). The Morgan fingerprint density at radius 2 is 1.41 bits per heavy atom. The van der Waals surface area contributed by atoms with E-state index < -0.39 is 0 Å². The van der Waals surface area contributed by atoms with E-state index >= 15 is 0 Å². The van der Waals surface area contributed by atoms with Crippen LogP contribution in [0.3, 0.4) is 0 Å². The van der Waals surface area contributed by atoms with Gasteiger partial charge in [-0.15, -0.1) is 0 Å². The predicted molar refractivity (Wildman–Crippen MR) is 82.5 cm³/mol. The van der Waals surface area contributed by atoms with Crippen LogP contribution in [0, 0.1) is 11.6 Å². The summed E-state index contributed by atoms with van der Waals surface area (Å²) in [4.78, 5) is 4.36. The highest BCUT2D eigenvalue weighted by atomic mass is 19.1. The third kappa shape index (κ3) is 3.28. The number of aromatic nitrogens is 1. The molecule has 0 radical (unpaired) electrons. The van der Waals surface area contributed by atoms with E-state index in [0.29, 0.717) is 0 Å². The summed E-state index contributed by atoms with van der Waals surface area (Å²) in [5.74, 6) is -0.577. The summed E-state index contributed by atoms with van der Waals surface area (Å²) in [6.45, 7) is 0. The van der Waals surface area contributed by atoms with Gasteiger partial charge in [-0.3, -0.25) is 4.98 Å². The van der Waals surface area contributed by atoms with Crippen molar-refractivity contribution in [1.82, 2.24) is 4.98 Å². The monoisotopic (exact) mass is 296 g/mol. The molecular weight excluding hydrogens is 282 g/mol. The molecule has 1 heterocycles. The molecule has 1 aromatic heterocycles. The fourth-order valence-electron chi connectivity index (χ4n) is 2.24. The molecule has 1 atom stereocenters. The van der Waals surface area contributed by atoms with Crippen molar-refractivity contribution in [3.8, 4) is 0 Å². The van der Waals surface area contributed by atoms with Crippen molar-refractivity contribution >= 4 is 5.69 Å². The summed E-state index contributed by atoms with van der Waals surface area (Å²) in [5, 5.41) is 3.31. The lowest BCUT2D eigenvalue weighted by molar-refractivity contribution is 0.626. The number of halogens is 2. The van der Waals surface area contributed by atoms with Crippen molar-refractivity contribution in [1.29, 1.82) is 0 Å². The van der Waals surface area contributed by atoms with E-state index in [2.05, 4.69) is 10.3 Å². The average Bonchev–Trinajstić information content (AvgIpc) is 2.56. The smallest absolute Gasteiger partial charge is 0.123 e. The second-order valence-corrected chi connectivity index (χ2v) is 4.89. The zero-order valence-corrected chi connectivity index (χ0v) is 11.7. The largest absolute Gasteiger partial charge is 0.373 e. The lowest BCUT2D eigenvalue weighted by atomic mass is 10.0. The number of hydrogen-bond acceptors (Lipinski definition) is 2. The quantitative estimate of drug-likeness (QED) is 0.763. The molecule has 0 saturated heterocycles. The molecule has 3 aromatic rings. The molecule has 22 heavy (non-hydrogen) atoms. The molecule has 1 unspecified atom stereocenters. The summed E-state index contributed by atoms with van der Waals surface area (Å²) in [6, 6.07) is 17.7. The number of benzene rings is 2. The molecule has 0 aliphatic heterocycles. The summed E-state index contributed by atoms with van der Waals surface area (Å²) >= 11 is 0. The normalized spacial score (nSPS) is 11.9. The molecule has 4 heteroatoms. The molecule has 110 valence electrons. The number of pyridine rings is 1. The molecular formula is C18H14F2N2. The van der Waals surface area contributed by atoms with Crippen molar-refractivity contribution in [3.63, 3.8) is 0 Å². The average molecular weight is 296 g/mol. The Morgan fingerprint density at radius 1 is 0.773 bits per heavy atom. The first-order valence-corrected chi connectivity index (χ1v) is 6.91. The van der Waals surface area contributed by atoms with E-state index in [9.17, 15) is 8.78 Å². The van der Waals surface area contributed by atoms with Crippen LogP contribution in [-0.2, 0) is 0 Å². The van der Waals surface area contributed by atoms with Gasteiger partial charge in [-0.2, -0.15) is 0 Å².